The largest absolute Gasteiger partial charge is 0.372 e. The molecule has 0 atom stereocenters. The zero-order valence-electron chi connectivity index (χ0n) is 19.2. The molecular weight excluding hydrogens is 449 g/mol. The predicted octanol–water partition coefficient (Wildman–Crippen LogP) is 5.77. The average Bonchev–Trinajstić information content (AvgIpc) is 3.36. The van der Waals surface area contributed by atoms with Gasteiger partial charge in [-0.1, -0.05) is 31.4 Å². The molecule has 1 N–H and O–H groups in total. The van der Waals surface area contributed by atoms with E-state index in [-0.39, 0.29) is 5.82 Å². The SMILES string of the molecule is O=S(=O)(c1ccc(C2CCCCC2)cc1)N1CCC2(CC1)Nc1cc(F)ccc1-n1cccc12. The Morgan fingerprint density at radius 3 is 2.41 bits per heavy atom. The number of nitrogens with one attached hydrogen (secondary N) is 1. The molecule has 6 rings (SSSR count). The van der Waals surface area contributed by atoms with Gasteiger partial charge in [-0.05, 0) is 79.6 Å². The molecule has 1 saturated heterocycles. The topological polar surface area (TPSA) is 54.3 Å². The number of rotatable bonds is 3. The minimum absolute atomic E-state index is 0.284. The van der Waals surface area contributed by atoms with Crippen LogP contribution in [0.3, 0.4) is 0 Å². The second kappa shape index (κ2) is 8.24. The van der Waals surface area contributed by atoms with Gasteiger partial charge < -0.3 is 9.88 Å². The van der Waals surface area contributed by atoms with Crippen LogP contribution in [0.4, 0.5) is 10.1 Å². The third-order valence-electron chi connectivity index (χ3n) is 8.00. The predicted molar refractivity (Wildman–Crippen MR) is 131 cm³/mol. The summed E-state index contributed by atoms with van der Waals surface area (Å²) in [5.41, 5.74) is 3.61. The number of nitrogens with zero attached hydrogens (tertiary/aromatic N) is 2. The zero-order chi connectivity index (χ0) is 23.3. The van der Waals surface area contributed by atoms with Crippen molar-refractivity contribution in [1.29, 1.82) is 0 Å². The summed E-state index contributed by atoms with van der Waals surface area (Å²) in [5, 5.41) is 3.57. The van der Waals surface area contributed by atoms with Crippen LogP contribution in [0.15, 0.2) is 65.7 Å². The van der Waals surface area contributed by atoms with Crippen LogP contribution in [0.5, 0.6) is 0 Å². The first-order chi connectivity index (χ1) is 16.5. The lowest BCUT2D eigenvalue weighted by atomic mass is 9.83. The van der Waals surface area contributed by atoms with E-state index in [9.17, 15) is 12.8 Å². The van der Waals surface area contributed by atoms with Gasteiger partial charge in [0.25, 0.3) is 0 Å². The Balaban J connectivity index is 1.22. The van der Waals surface area contributed by atoms with Gasteiger partial charge in [-0.2, -0.15) is 4.31 Å². The van der Waals surface area contributed by atoms with E-state index in [0.717, 1.165) is 17.1 Å². The van der Waals surface area contributed by atoms with E-state index in [2.05, 4.69) is 16.0 Å². The van der Waals surface area contributed by atoms with Crippen molar-refractivity contribution in [2.45, 2.75) is 61.3 Å². The summed E-state index contributed by atoms with van der Waals surface area (Å²) < 4.78 is 44.5. The number of sulfonamides is 1. The van der Waals surface area contributed by atoms with Crippen LogP contribution < -0.4 is 5.32 Å². The number of benzene rings is 2. The van der Waals surface area contributed by atoms with Gasteiger partial charge >= 0.3 is 0 Å². The molecule has 3 aliphatic rings. The van der Waals surface area contributed by atoms with Gasteiger partial charge in [0.15, 0.2) is 0 Å². The van der Waals surface area contributed by atoms with Gasteiger partial charge in [0.2, 0.25) is 10.0 Å². The molecule has 2 aromatic carbocycles. The van der Waals surface area contributed by atoms with Crippen LogP contribution in [-0.4, -0.2) is 30.4 Å². The van der Waals surface area contributed by atoms with Gasteiger partial charge in [0.1, 0.15) is 5.82 Å². The second-order valence-corrected chi connectivity index (χ2v) is 11.9. The van der Waals surface area contributed by atoms with E-state index < -0.39 is 15.6 Å². The minimum Gasteiger partial charge on any atom is -0.372 e. The monoisotopic (exact) mass is 479 g/mol. The highest BCUT2D eigenvalue weighted by molar-refractivity contribution is 7.89. The fraction of sp³-hybridized carbons (Fsp3) is 0.407. The first kappa shape index (κ1) is 21.9. The molecule has 1 aromatic heterocycles. The van der Waals surface area contributed by atoms with Crippen molar-refractivity contribution in [2.75, 3.05) is 18.4 Å². The smallest absolute Gasteiger partial charge is 0.243 e. The number of hydrogen-bond acceptors (Lipinski definition) is 3. The van der Waals surface area contributed by atoms with Crippen molar-refractivity contribution >= 4 is 15.7 Å². The Hall–Kier alpha value is -2.64. The molecule has 0 amide bonds. The Kier molecular flexibility index (Phi) is 5.30. The summed E-state index contributed by atoms with van der Waals surface area (Å²) in [4.78, 5) is 0.371. The number of piperidine rings is 1. The van der Waals surface area contributed by atoms with Crippen molar-refractivity contribution in [3.63, 3.8) is 0 Å². The number of hydrogen-bond donors (Lipinski definition) is 1. The highest BCUT2D eigenvalue weighted by Gasteiger charge is 2.44. The Bertz CT molecular complexity index is 1300. The number of anilines is 1. The van der Waals surface area contributed by atoms with E-state index in [1.54, 1.807) is 22.5 Å². The van der Waals surface area contributed by atoms with E-state index >= 15 is 0 Å². The van der Waals surface area contributed by atoms with Crippen LogP contribution in [0, 0.1) is 5.82 Å². The van der Waals surface area contributed by atoms with E-state index in [1.807, 2.05) is 24.4 Å². The number of halogens is 1. The molecule has 0 radical (unpaired) electrons. The molecule has 0 bridgehead atoms. The molecule has 1 spiro atoms. The lowest BCUT2D eigenvalue weighted by Crippen LogP contribution is -2.51. The average molecular weight is 480 g/mol. The Morgan fingerprint density at radius 2 is 1.68 bits per heavy atom. The van der Waals surface area contributed by atoms with Gasteiger partial charge in [0.05, 0.1) is 21.8 Å². The quantitative estimate of drug-likeness (QED) is 0.519. The maximum absolute atomic E-state index is 14.0. The minimum atomic E-state index is -3.56. The molecule has 1 aliphatic carbocycles. The first-order valence-electron chi connectivity index (χ1n) is 12.3. The van der Waals surface area contributed by atoms with Crippen molar-refractivity contribution in [2.24, 2.45) is 0 Å². The van der Waals surface area contributed by atoms with Gasteiger partial charge in [-0.15, -0.1) is 0 Å². The first-order valence-corrected chi connectivity index (χ1v) is 13.8. The number of fused-ring (bicyclic) bond motifs is 4. The fourth-order valence-corrected chi connectivity index (χ4v) is 7.55. The standard InChI is InChI=1S/C27H30FN3O2S/c28-22-10-13-25-24(19-22)29-27(26-7-4-16-31(25)26)14-17-30(18-15-27)34(32,33)23-11-8-21(9-12-23)20-5-2-1-3-6-20/h4,7-13,16,19-20,29H,1-3,5-6,14-15,17-18H2. The van der Waals surface area contributed by atoms with E-state index in [4.69, 9.17) is 0 Å². The highest BCUT2D eigenvalue weighted by Crippen LogP contribution is 2.44. The van der Waals surface area contributed by atoms with E-state index in [0.29, 0.717) is 36.7 Å². The van der Waals surface area contributed by atoms with E-state index in [1.165, 1.54) is 49.8 Å². The molecule has 1 saturated carbocycles. The van der Waals surface area contributed by atoms with Crippen LogP contribution >= 0.6 is 0 Å². The fourth-order valence-electron chi connectivity index (χ4n) is 6.11. The summed E-state index contributed by atoms with van der Waals surface area (Å²) in [6.45, 7) is 0.824. The molecule has 34 heavy (non-hydrogen) atoms. The molecule has 5 nitrogen and oxygen atoms in total. The van der Waals surface area contributed by atoms with Gasteiger partial charge in [-0.25, -0.2) is 12.8 Å². The molecule has 3 heterocycles. The molecule has 2 aliphatic heterocycles. The third-order valence-corrected chi connectivity index (χ3v) is 9.91. The summed E-state index contributed by atoms with van der Waals surface area (Å²) in [5.74, 6) is 0.273. The number of aromatic nitrogens is 1. The maximum atomic E-state index is 14.0. The molecule has 178 valence electrons. The van der Waals surface area contributed by atoms with Crippen molar-refractivity contribution < 1.29 is 12.8 Å². The Morgan fingerprint density at radius 1 is 0.941 bits per heavy atom. The van der Waals surface area contributed by atoms with Crippen molar-refractivity contribution in [3.8, 4) is 5.69 Å². The van der Waals surface area contributed by atoms with Gasteiger partial charge in [-0.3, -0.25) is 0 Å². The van der Waals surface area contributed by atoms with Crippen LogP contribution in [-0.2, 0) is 15.6 Å². The lowest BCUT2D eigenvalue weighted by molar-refractivity contribution is 0.247. The molecule has 2 fully saturated rings. The molecule has 0 unspecified atom stereocenters. The summed E-state index contributed by atoms with van der Waals surface area (Å²) >= 11 is 0. The summed E-state index contributed by atoms with van der Waals surface area (Å²) in [6, 6.07) is 16.4. The summed E-state index contributed by atoms with van der Waals surface area (Å²) in [7, 11) is -3.56. The van der Waals surface area contributed by atoms with Crippen molar-refractivity contribution in [1.82, 2.24) is 8.87 Å². The van der Waals surface area contributed by atoms with Gasteiger partial charge in [0, 0.05) is 25.0 Å². The zero-order valence-corrected chi connectivity index (χ0v) is 20.0. The second-order valence-electron chi connectivity index (χ2n) is 9.94. The lowest BCUT2D eigenvalue weighted by Gasteiger charge is -2.45. The maximum Gasteiger partial charge on any atom is 0.243 e. The molecular formula is C27H30FN3O2S. The summed E-state index contributed by atoms with van der Waals surface area (Å²) in [6.07, 6.45) is 9.44. The highest BCUT2D eigenvalue weighted by atomic mass is 32.2. The van der Waals surface area contributed by atoms with Crippen LogP contribution in [0.25, 0.3) is 5.69 Å². The third kappa shape index (κ3) is 3.57. The molecule has 3 aromatic rings. The normalized spacial score (nSPS) is 20.5. The Labute approximate surface area is 200 Å². The molecule has 7 heteroatoms. The van der Waals surface area contributed by atoms with Crippen molar-refractivity contribution in [3.05, 3.63) is 77.9 Å². The van der Waals surface area contributed by atoms with Crippen LogP contribution in [0.1, 0.15) is 62.1 Å². The van der Waals surface area contributed by atoms with Crippen LogP contribution in [0.2, 0.25) is 0 Å².